The van der Waals surface area contributed by atoms with Crippen molar-refractivity contribution in [3.05, 3.63) is 92.5 Å². The Morgan fingerprint density at radius 3 is 0.960 bits per heavy atom. The van der Waals surface area contributed by atoms with E-state index < -0.39 is 8.70 Å². The molecule has 0 bridgehead atoms. The van der Waals surface area contributed by atoms with E-state index in [1.807, 2.05) is 0 Å². The number of hydrogen-bond donors (Lipinski definition) is 0. The predicted octanol–water partition coefficient (Wildman–Crippen LogP) is 7.73. The summed E-state index contributed by atoms with van der Waals surface area (Å²) in [6, 6.07) is 0. The van der Waals surface area contributed by atoms with E-state index in [-0.39, 0.29) is 0 Å². The van der Waals surface area contributed by atoms with Gasteiger partial charge in [-0.25, -0.2) is 0 Å². The van der Waals surface area contributed by atoms with Crippen molar-refractivity contribution in [3.8, 4) is 0 Å². The molecule has 0 aromatic heterocycles. The van der Waals surface area contributed by atoms with E-state index in [0.29, 0.717) is 0 Å². The van der Waals surface area contributed by atoms with Gasteiger partial charge in [-0.2, -0.15) is 0 Å². The van der Waals surface area contributed by atoms with E-state index >= 15 is 0 Å². The molecule has 5 heteroatoms. The van der Waals surface area contributed by atoms with Crippen LogP contribution < -0.4 is 0 Å². The summed E-state index contributed by atoms with van der Waals surface area (Å²) in [5, 5.41) is 0. The quantitative estimate of drug-likeness (QED) is 0.339. The van der Waals surface area contributed by atoms with Gasteiger partial charge in [0.2, 0.25) is 0 Å². The van der Waals surface area contributed by atoms with Crippen LogP contribution in [0.5, 0.6) is 0 Å². The van der Waals surface area contributed by atoms with Gasteiger partial charge >= 0.3 is 167 Å². The van der Waals surface area contributed by atoms with Crippen LogP contribution >= 0.6 is 40.3 Å². The van der Waals surface area contributed by atoms with Gasteiger partial charge in [0.25, 0.3) is 0 Å². The van der Waals surface area contributed by atoms with Gasteiger partial charge in [0.1, 0.15) is 0 Å². The number of allylic oxidation sites excluding steroid dienone is 12. The fraction of sp³-hybridized carbons (Fsp3) is 0.200. The zero-order chi connectivity index (χ0) is 17.0. The van der Waals surface area contributed by atoms with Crippen molar-refractivity contribution < 1.29 is 0 Å². The molecule has 4 aliphatic rings. The van der Waals surface area contributed by atoms with Crippen LogP contribution in [-0.4, -0.2) is 8.70 Å². The van der Waals surface area contributed by atoms with Gasteiger partial charge in [-0.05, 0) is 0 Å². The van der Waals surface area contributed by atoms with Crippen LogP contribution in [-0.2, 0) is 0 Å². The molecule has 0 amide bonds. The maximum absolute atomic E-state index is 2.50. The monoisotopic (exact) mass is 462 g/mol. The summed E-state index contributed by atoms with van der Waals surface area (Å²) >= 11 is 0. The molecule has 25 heavy (non-hydrogen) atoms. The molecule has 0 unspecified atom stereocenters. The van der Waals surface area contributed by atoms with Gasteiger partial charge in [0.05, 0.1) is 0 Å². The average molecular weight is 461 g/mol. The summed E-state index contributed by atoms with van der Waals surface area (Å²) in [7, 11) is 6.25. The van der Waals surface area contributed by atoms with Crippen molar-refractivity contribution in [1.29, 1.82) is 0 Å². The molecular weight excluding hydrogens is 441 g/mol. The van der Waals surface area contributed by atoms with Crippen LogP contribution in [0.2, 0.25) is 0 Å². The average Bonchev–Trinajstić information content (AvgIpc) is 3.37. The van der Waals surface area contributed by atoms with Crippen molar-refractivity contribution >= 4 is 49.0 Å². The first-order valence-corrected chi connectivity index (χ1v) is 22.1. The van der Waals surface area contributed by atoms with Crippen LogP contribution in [0, 0.1) is 0 Å². The third-order valence-corrected chi connectivity index (χ3v) is 34.9. The van der Waals surface area contributed by atoms with E-state index in [0.717, 1.165) is 25.7 Å². The molecule has 128 valence electrons. The Hall–Kier alpha value is -0.137. The van der Waals surface area contributed by atoms with Crippen molar-refractivity contribution in [2.75, 3.05) is 0 Å². The summed E-state index contributed by atoms with van der Waals surface area (Å²) in [5.41, 5.74) is 0. The maximum atomic E-state index is 2.39. The van der Waals surface area contributed by atoms with Crippen molar-refractivity contribution in [2.45, 2.75) is 25.7 Å². The summed E-state index contributed by atoms with van der Waals surface area (Å²) in [6.45, 7) is 0. The van der Waals surface area contributed by atoms with Crippen molar-refractivity contribution in [1.82, 2.24) is 0 Å². The zero-order valence-corrected chi connectivity index (χ0v) is 19.3. The van der Waals surface area contributed by atoms with Gasteiger partial charge in [0.15, 0.2) is 0 Å². The molecule has 0 atom stereocenters. The Morgan fingerprint density at radius 1 is 0.480 bits per heavy atom. The molecule has 0 aromatic carbocycles. The van der Waals surface area contributed by atoms with Crippen LogP contribution in [0.4, 0.5) is 0 Å². The second kappa shape index (κ2) is 8.70. The van der Waals surface area contributed by atoms with Gasteiger partial charge in [-0.1, -0.05) is 0 Å². The Bertz CT molecular complexity index is 644. The van der Waals surface area contributed by atoms with Crippen LogP contribution in [0.15, 0.2) is 92.5 Å². The predicted molar refractivity (Wildman–Crippen MR) is 123 cm³/mol. The standard InChI is InChI=1S/C20H20GeS4/c1-2-10-17(9-1)22-21(23-18-11-3-4-12-18,24-19-13-5-6-14-19)25-20-15-7-8-16-20/h1,3,5,7,9-16H,2,4,6,8H2. The van der Waals surface area contributed by atoms with Crippen molar-refractivity contribution in [3.63, 3.8) is 0 Å². The number of rotatable bonds is 8. The van der Waals surface area contributed by atoms with E-state index in [4.69, 9.17) is 0 Å². The molecule has 0 radical (unpaired) electrons. The molecule has 0 aromatic rings. The van der Waals surface area contributed by atoms with Gasteiger partial charge in [0, 0.05) is 0 Å². The first-order chi connectivity index (χ1) is 12.3. The fourth-order valence-electron chi connectivity index (χ4n) is 2.75. The van der Waals surface area contributed by atoms with Crippen LogP contribution in [0.1, 0.15) is 25.7 Å². The summed E-state index contributed by atoms with van der Waals surface area (Å²) in [5.74, 6) is 0. The molecule has 0 saturated heterocycles. The van der Waals surface area contributed by atoms with Gasteiger partial charge < -0.3 is 0 Å². The Kier molecular flexibility index (Phi) is 6.35. The Labute approximate surface area is 166 Å². The molecular formula is C20H20GeS4. The summed E-state index contributed by atoms with van der Waals surface area (Å²) in [6.07, 6.45) is 32.4. The Balaban J connectivity index is 1.65. The molecule has 0 spiro atoms. The zero-order valence-electron chi connectivity index (χ0n) is 13.9. The number of hydrogen-bond acceptors (Lipinski definition) is 4. The van der Waals surface area contributed by atoms with E-state index in [2.05, 4.69) is 113 Å². The minimum absolute atomic E-state index is 1.09. The second-order valence-electron chi connectivity index (χ2n) is 5.89. The van der Waals surface area contributed by atoms with Crippen LogP contribution in [0.25, 0.3) is 0 Å². The Morgan fingerprint density at radius 2 is 0.760 bits per heavy atom. The molecule has 0 aliphatic heterocycles. The third-order valence-electron chi connectivity index (χ3n) is 3.92. The molecule has 0 fully saturated rings. The molecule has 0 N–H and O–H groups in total. The second-order valence-corrected chi connectivity index (χ2v) is 36.6. The molecule has 4 aliphatic carbocycles. The SMILES string of the molecule is C1=CC([S][Ge]([S]C2=CCC=C2)([S]C2=CCC=C2)[S]C2=CCC=C2)=CC1. The van der Waals surface area contributed by atoms with Crippen LogP contribution in [0.3, 0.4) is 0 Å². The molecule has 0 saturated carbocycles. The molecule has 4 rings (SSSR count). The first-order valence-electron chi connectivity index (χ1n) is 8.54. The van der Waals surface area contributed by atoms with E-state index in [1.165, 1.54) is 19.6 Å². The van der Waals surface area contributed by atoms with Gasteiger partial charge in [-0.15, -0.1) is 0 Å². The van der Waals surface area contributed by atoms with E-state index in [1.54, 1.807) is 0 Å². The molecule has 0 nitrogen and oxygen atoms in total. The van der Waals surface area contributed by atoms with Crippen molar-refractivity contribution in [2.24, 2.45) is 0 Å². The summed E-state index contributed by atoms with van der Waals surface area (Å²) in [4.78, 5) is 5.89. The first kappa shape index (κ1) is 18.2. The summed E-state index contributed by atoms with van der Waals surface area (Å²) < 4.78 is 0. The molecule has 0 heterocycles. The van der Waals surface area contributed by atoms with E-state index in [9.17, 15) is 0 Å². The normalized spacial score (nSPS) is 21.1. The fourth-order valence-corrected chi connectivity index (χ4v) is 40.1. The topological polar surface area (TPSA) is 0 Å². The minimum atomic E-state index is -2.50. The van der Waals surface area contributed by atoms with Gasteiger partial charge in [-0.3, -0.25) is 0 Å². The third kappa shape index (κ3) is 4.98.